The monoisotopic (exact) mass is 462 g/mol. The first-order valence-corrected chi connectivity index (χ1v) is 12.2. The van der Waals surface area contributed by atoms with Crippen LogP contribution < -0.4 is 0 Å². The zero-order chi connectivity index (χ0) is 22.3. The Kier molecular flexibility index (Phi) is 3.86. The fourth-order valence-corrected chi connectivity index (χ4v) is 6.78. The van der Waals surface area contributed by atoms with Crippen molar-refractivity contribution in [2.45, 2.75) is 19.3 Å². The van der Waals surface area contributed by atoms with Crippen LogP contribution in [0, 0.1) is 0 Å². The van der Waals surface area contributed by atoms with Gasteiger partial charge >= 0.3 is 0 Å². The number of fused-ring (bicyclic) bond motifs is 8. The van der Waals surface area contributed by atoms with Crippen LogP contribution in [0.25, 0.3) is 53.5 Å². The van der Waals surface area contributed by atoms with Crippen LogP contribution in [0.1, 0.15) is 25.0 Å². The average molecular weight is 463 g/mol. The lowest BCUT2D eigenvalue weighted by Gasteiger charge is -2.22. The molecule has 4 aromatic carbocycles. The Morgan fingerprint density at radius 2 is 1.55 bits per heavy atom. The Morgan fingerprint density at radius 3 is 2.45 bits per heavy atom. The summed E-state index contributed by atoms with van der Waals surface area (Å²) in [6, 6.07) is 28.3. The second-order valence-electron chi connectivity index (χ2n) is 9.21. The van der Waals surface area contributed by atoms with E-state index in [1.807, 2.05) is 0 Å². The Morgan fingerprint density at radius 1 is 0.758 bits per heavy atom. The Balaban J connectivity index is 1.57. The van der Waals surface area contributed by atoms with Crippen LogP contribution in [-0.4, -0.2) is 9.97 Å². The molecule has 0 spiro atoms. The number of halogens is 1. The summed E-state index contributed by atoms with van der Waals surface area (Å²) in [6.07, 6.45) is 0. The maximum absolute atomic E-state index is 6.45. The zero-order valence-electron chi connectivity index (χ0n) is 18.2. The summed E-state index contributed by atoms with van der Waals surface area (Å²) in [4.78, 5) is 10.3. The molecule has 1 aliphatic rings. The van der Waals surface area contributed by atoms with Crippen LogP contribution in [0.3, 0.4) is 0 Å². The molecule has 0 bridgehead atoms. The van der Waals surface area contributed by atoms with Crippen LogP contribution in [-0.2, 0) is 5.41 Å². The third-order valence-corrected chi connectivity index (χ3v) is 8.27. The van der Waals surface area contributed by atoms with Crippen LogP contribution >= 0.6 is 22.9 Å². The van der Waals surface area contributed by atoms with Gasteiger partial charge in [0, 0.05) is 26.5 Å². The van der Waals surface area contributed by atoms with E-state index in [-0.39, 0.29) is 10.7 Å². The molecule has 6 aromatic rings. The topological polar surface area (TPSA) is 25.8 Å². The van der Waals surface area contributed by atoms with E-state index in [2.05, 4.69) is 97.7 Å². The van der Waals surface area contributed by atoms with Gasteiger partial charge in [-0.1, -0.05) is 80.6 Å². The normalized spacial score (nSPS) is 14.2. The summed E-state index contributed by atoms with van der Waals surface area (Å²) in [5.41, 5.74) is 7.24. The lowest BCUT2D eigenvalue weighted by molar-refractivity contribution is 0.660. The molecule has 33 heavy (non-hydrogen) atoms. The van der Waals surface area contributed by atoms with E-state index in [0.29, 0.717) is 0 Å². The smallest absolute Gasteiger partial charge is 0.217 e. The van der Waals surface area contributed by atoms with Crippen molar-refractivity contribution >= 4 is 54.0 Å². The Labute approximate surface area is 200 Å². The highest BCUT2D eigenvalue weighted by Gasteiger charge is 2.35. The van der Waals surface area contributed by atoms with Gasteiger partial charge in [0.05, 0.1) is 5.69 Å². The zero-order valence-corrected chi connectivity index (χ0v) is 19.8. The summed E-state index contributed by atoms with van der Waals surface area (Å²) in [5.74, 6) is 0. The molecular weight excluding hydrogens is 444 g/mol. The summed E-state index contributed by atoms with van der Waals surface area (Å²) in [5, 5.41) is 5.03. The summed E-state index contributed by atoms with van der Waals surface area (Å²) >= 11 is 8.13. The molecule has 0 saturated carbocycles. The highest BCUT2D eigenvalue weighted by Crippen LogP contribution is 2.50. The van der Waals surface area contributed by atoms with Crippen LogP contribution in [0.4, 0.5) is 0 Å². The van der Waals surface area contributed by atoms with Crippen molar-refractivity contribution < 1.29 is 0 Å². The molecular formula is C29H19ClN2S. The number of nitrogens with zero attached hydrogens (tertiary/aromatic N) is 2. The van der Waals surface area contributed by atoms with Crippen molar-refractivity contribution in [3.05, 3.63) is 95.3 Å². The number of aromatic nitrogens is 2. The van der Waals surface area contributed by atoms with E-state index in [1.165, 1.54) is 43.1 Å². The Bertz CT molecular complexity index is 1760. The number of hydrogen-bond acceptors (Lipinski definition) is 3. The molecule has 2 nitrogen and oxygen atoms in total. The molecule has 158 valence electrons. The van der Waals surface area contributed by atoms with Crippen molar-refractivity contribution in [3.63, 3.8) is 0 Å². The summed E-state index contributed by atoms with van der Waals surface area (Å²) < 4.78 is 1.20. The maximum Gasteiger partial charge on any atom is 0.224 e. The highest BCUT2D eigenvalue weighted by atomic mass is 35.5. The second kappa shape index (κ2) is 6.63. The van der Waals surface area contributed by atoms with Crippen molar-refractivity contribution in [3.8, 4) is 22.4 Å². The predicted molar refractivity (Wildman–Crippen MR) is 140 cm³/mol. The van der Waals surface area contributed by atoms with Crippen molar-refractivity contribution in [1.82, 2.24) is 9.97 Å². The first-order valence-electron chi connectivity index (χ1n) is 11.0. The van der Waals surface area contributed by atoms with E-state index < -0.39 is 0 Å². The van der Waals surface area contributed by atoms with Crippen LogP contribution in [0.5, 0.6) is 0 Å². The third kappa shape index (κ3) is 2.61. The van der Waals surface area contributed by atoms with Gasteiger partial charge in [0.15, 0.2) is 0 Å². The minimum atomic E-state index is -0.0682. The van der Waals surface area contributed by atoms with Crippen LogP contribution in [0.15, 0.2) is 78.9 Å². The fourth-order valence-electron chi connectivity index (χ4n) is 5.47. The summed E-state index contributed by atoms with van der Waals surface area (Å²) in [7, 11) is 0. The molecule has 0 aliphatic heterocycles. The largest absolute Gasteiger partial charge is 0.224 e. The first-order chi connectivity index (χ1) is 16.0. The van der Waals surface area contributed by atoms with E-state index in [0.717, 1.165) is 21.5 Å². The fraction of sp³-hybridized carbons (Fsp3) is 0.103. The molecule has 7 rings (SSSR count). The van der Waals surface area contributed by atoms with Gasteiger partial charge in [-0.2, -0.15) is 0 Å². The van der Waals surface area contributed by atoms with E-state index >= 15 is 0 Å². The summed E-state index contributed by atoms with van der Waals surface area (Å²) in [6.45, 7) is 4.61. The molecule has 0 atom stereocenters. The van der Waals surface area contributed by atoms with E-state index in [9.17, 15) is 0 Å². The molecule has 0 fully saturated rings. The number of rotatable bonds is 1. The minimum absolute atomic E-state index is 0.0682. The minimum Gasteiger partial charge on any atom is -0.217 e. The van der Waals surface area contributed by atoms with Gasteiger partial charge in [-0.05, 0) is 56.8 Å². The SMILES string of the molecule is CC1(C)c2ccccc2-c2ccc(-c3nc(Cl)nc4sc5ccc6ccccc6c5c34)cc21. The Hall–Kier alpha value is -3.27. The quantitative estimate of drug-likeness (QED) is 0.228. The van der Waals surface area contributed by atoms with Crippen molar-refractivity contribution in [1.29, 1.82) is 0 Å². The molecule has 0 amide bonds. The van der Waals surface area contributed by atoms with E-state index in [4.69, 9.17) is 16.6 Å². The lowest BCUT2D eigenvalue weighted by Crippen LogP contribution is -2.14. The van der Waals surface area contributed by atoms with Gasteiger partial charge in [-0.3, -0.25) is 0 Å². The molecule has 1 aliphatic carbocycles. The second-order valence-corrected chi connectivity index (χ2v) is 10.6. The molecule has 0 radical (unpaired) electrons. The number of benzene rings is 4. The van der Waals surface area contributed by atoms with E-state index in [1.54, 1.807) is 11.3 Å². The molecule has 2 heterocycles. The first kappa shape index (κ1) is 19.2. The van der Waals surface area contributed by atoms with Gasteiger partial charge in [0.1, 0.15) is 4.83 Å². The van der Waals surface area contributed by atoms with Gasteiger partial charge in [0.25, 0.3) is 0 Å². The van der Waals surface area contributed by atoms with Gasteiger partial charge in [-0.25, -0.2) is 9.97 Å². The number of thiophene rings is 1. The maximum atomic E-state index is 6.45. The number of hydrogen-bond donors (Lipinski definition) is 0. The highest BCUT2D eigenvalue weighted by molar-refractivity contribution is 7.25. The van der Waals surface area contributed by atoms with Crippen molar-refractivity contribution in [2.24, 2.45) is 0 Å². The standard InChI is InChI=1S/C29H19ClN2S/c1-29(2)21-10-6-5-9-19(21)20-13-11-17(15-22(20)29)26-25-24-18-8-4-3-7-16(18)12-14-23(24)33-27(25)32-28(30)31-26/h3-15H,1-2H3. The van der Waals surface area contributed by atoms with Gasteiger partial charge < -0.3 is 0 Å². The van der Waals surface area contributed by atoms with Crippen molar-refractivity contribution in [2.75, 3.05) is 0 Å². The third-order valence-electron chi connectivity index (χ3n) is 7.05. The predicted octanol–water partition coefficient (Wildman–Crippen LogP) is 8.62. The molecule has 0 N–H and O–H groups in total. The van der Waals surface area contributed by atoms with Gasteiger partial charge in [0.2, 0.25) is 5.28 Å². The average Bonchev–Trinajstić information content (AvgIpc) is 3.31. The lowest BCUT2D eigenvalue weighted by atomic mass is 9.82. The molecule has 4 heteroatoms. The molecule has 2 aromatic heterocycles. The molecule has 0 unspecified atom stereocenters. The van der Waals surface area contributed by atoms with Crippen LogP contribution in [0.2, 0.25) is 5.28 Å². The molecule has 0 saturated heterocycles. The van der Waals surface area contributed by atoms with Gasteiger partial charge in [-0.15, -0.1) is 11.3 Å².